The van der Waals surface area contributed by atoms with E-state index < -0.39 is 35.7 Å². The van der Waals surface area contributed by atoms with Crippen LogP contribution in [0.25, 0.3) is 10.2 Å². The maximum Gasteiger partial charge on any atom is 0.330 e. The van der Waals surface area contributed by atoms with Gasteiger partial charge in [0.05, 0.1) is 72.2 Å². The Balaban J connectivity index is 0.879. The summed E-state index contributed by atoms with van der Waals surface area (Å²) in [5, 5.41) is 4.99. The van der Waals surface area contributed by atoms with Gasteiger partial charge in [0.25, 0.3) is 0 Å². The van der Waals surface area contributed by atoms with Crippen molar-refractivity contribution in [2.24, 2.45) is 28.8 Å². The lowest BCUT2D eigenvalue weighted by Crippen LogP contribution is -2.30. The lowest BCUT2D eigenvalue weighted by molar-refractivity contribution is -0.145. The van der Waals surface area contributed by atoms with E-state index in [9.17, 15) is 28.8 Å². The van der Waals surface area contributed by atoms with Crippen LogP contribution in [-0.4, -0.2) is 78.4 Å². The van der Waals surface area contributed by atoms with Gasteiger partial charge in [-0.15, -0.1) is 0 Å². The van der Waals surface area contributed by atoms with Crippen molar-refractivity contribution in [1.82, 2.24) is 9.97 Å². The predicted octanol–water partition coefficient (Wildman–Crippen LogP) is 12.0. The van der Waals surface area contributed by atoms with Gasteiger partial charge in [0.1, 0.15) is 34.5 Å². The minimum Gasteiger partial charge on any atom is -0.494 e. The number of ether oxygens (including phenoxy) is 8. The van der Waals surface area contributed by atoms with Crippen LogP contribution in [0.1, 0.15) is 125 Å². The number of nitrogens with zero attached hydrogens (tertiary/aromatic N) is 3. The zero-order valence-electron chi connectivity index (χ0n) is 46.4. The summed E-state index contributed by atoms with van der Waals surface area (Å²) in [7, 11) is 0. The van der Waals surface area contributed by atoms with Crippen molar-refractivity contribution >= 4 is 68.7 Å². The minimum atomic E-state index is -0.471. The number of thiazole rings is 1. The normalized spacial score (nSPS) is 16.9. The van der Waals surface area contributed by atoms with Crippen LogP contribution < -0.4 is 33.8 Å². The summed E-state index contributed by atoms with van der Waals surface area (Å²) in [6, 6.07) is 18.5. The van der Waals surface area contributed by atoms with Crippen LogP contribution in [0.2, 0.25) is 0 Å². The summed E-state index contributed by atoms with van der Waals surface area (Å²) < 4.78 is 46.0. The number of aromatic nitrogens is 2. The van der Waals surface area contributed by atoms with Crippen LogP contribution in [-0.2, 0) is 38.2 Å². The summed E-state index contributed by atoms with van der Waals surface area (Å²) >= 11 is 1.41. The van der Waals surface area contributed by atoms with E-state index in [1.54, 1.807) is 66.7 Å². The topological polar surface area (TPSA) is 226 Å². The third-order valence-electron chi connectivity index (χ3n) is 14.3. The Labute approximate surface area is 476 Å². The smallest absolute Gasteiger partial charge is 0.330 e. The third-order valence-corrected chi connectivity index (χ3v) is 15.3. The van der Waals surface area contributed by atoms with Gasteiger partial charge in [0.2, 0.25) is 5.13 Å². The van der Waals surface area contributed by atoms with Gasteiger partial charge < -0.3 is 37.9 Å². The first-order valence-corrected chi connectivity index (χ1v) is 28.7. The molecule has 7 rings (SSSR count). The number of aryl methyl sites for hydroxylation is 3. The molecule has 3 aromatic carbocycles. The monoisotopic (exact) mass is 1130 g/mol. The van der Waals surface area contributed by atoms with Gasteiger partial charge in [-0.05, 0) is 196 Å². The Morgan fingerprint density at radius 1 is 0.531 bits per heavy atom. The Kier molecular flexibility index (Phi) is 23.4. The van der Waals surface area contributed by atoms with Gasteiger partial charge >= 0.3 is 35.8 Å². The molecule has 19 heteroatoms. The molecule has 2 fully saturated rings. The maximum absolute atomic E-state index is 13.8. The number of rotatable bonds is 29. The fraction of sp³-hybridized carbons (Fsp3) is 0.435. The molecule has 0 radical (unpaired) electrons. The quantitative estimate of drug-likeness (QED) is 0.0117. The minimum absolute atomic E-state index is 0.203. The first-order chi connectivity index (χ1) is 39.3. The Morgan fingerprint density at radius 2 is 0.938 bits per heavy atom. The highest BCUT2D eigenvalue weighted by molar-refractivity contribution is 7.22. The van der Waals surface area contributed by atoms with Gasteiger partial charge in [-0.2, -0.15) is 5.10 Å². The molecule has 0 saturated heterocycles. The number of pyridine rings is 1. The Bertz CT molecular complexity index is 2990. The molecule has 2 saturated carbocycles. The number of hydrogen-bond acceptors (Lipinski definition) is 19. The summed E-state index contributed by atoms with van der Waals surface area (Å²) in [5.41, 5.74) is 6.93. The van der Waals surface area contributed by atoms with E-state index in [0.717, 1.165) is 90.7 Å². The number of hydrogen-bond donors (Lipinski definition) is 1. The van der Waals surface area contributed by atoms with Crippen LogP contribution in [0.4, 0.5) is 5.13 Å². The molecule has 81 heavy (non-hydrogen) atoms. The summed E-state index contributed by atoms with van der Waals surface area (Å²) in [6.45, 7) is 14.4. The van der Waals surface area contributed by atoms with Gasteiger partial charge in [-0.1, -0.05) is 24.5 Å². The van der Waals surface area contributed by atoms with E-state index in [1.807, 2.05) is 20.8 Å². The Hall–Kier alpha value is -7.93. The number of benzene rings is 3. The average molecular weight is 1130 g/mol. The molecule has 430 valence electrons. The number of anilines is 1. The van der Waals surface area contributed by atoms with Crippen molar-refractivity contribution in [3.05, 3.63) is 115 Å². The fourth-order valence-corrected chi connectivity index (χ4v) is 10.4. The first-order valence-electron chi connectivity index (χ1n) is 27.8. The predicted molar refractivity (Wildman–Crippen MR) is 306 cm³/mol. The van der Waals surface area contributed by atoms with Gasteiger partial charge in [-0.25, -0.2) is 14.6 Å². The molecule has 0 bridgehead atoms. The van der Waals surface area contributed by atoms with E-state index in [0.29, 0.717) is 111 Å². The van der Waals surface area contributed by atoms with E-state index >= 15 is 0 Å². The lowest BCUT2D eigenvalue weighted by Gasteiger charge is -2.26. The van der Waals surface area contributed by atoms with E-state index in [1.165, 1.54) is 17.6 Å². The average Bonchev–Trinajstić information content (AvgIpc) is 4.03. The van der Waals surface area contributed by atoms with Crippen LogP contribution in [0.5, 0.6) is 34.5 Å². The van der Waals surface area contributed by atoms with Crippen molar-refractivity contribution in [2.75, 3.05) is 31.9 Å². The van der Waals surface area contributed by atoms with Gasteiger partial charge in [-0.3, -0.25) is 29.6 Å². The van der Waals surface area contributed by atoms with Crippen molar-refractivity contribution in [1.29, 1.82) is 0 Å². The zero-order chi connectivity index (χ0) is 57.5. The van der Waals surface area contributed by atoms with Crippen LogP contribution in [0, 0.1) is 44.4 Å². The molecule has 2 aromatic heterocycles. The number of unbranched alkanes of at least 4 members (excludes halogenated alkanes) is 6. The molecule has 0 spiro atoms. The zero-order valence-corrected chi connectivity index (χ0v) is 47.2. The number of carbonyl (C=O) groups is 6. The van der Waals surface area contributed by atoms with E-state index in [-0.39, 0.29) is 35.3 Å². The van der Waals surface area contributed by atoms with Crippen LogP contribution in [0.3, 0.4) is 0 Å². The maximum atomic E-state index is 13.8. The number of carbonyl (C=O) groups excluding carboxylic acids is 6. The van der Waals surface area contributed by atoms with Crippen molar-refractivity contribution in [2.45, 2.75) is 124 Å². The summed E-state index contributed by atoms with van der Waals surface area (Å²) in [4.78, 5) is 85.5. The standard InChI is InChI=1S/C62H72N4O14S/c1-6-54(67)75-36-14-10-8-12-34-73-48-24-28-50(29-25-48)77-58(69)43-16-18-45(19-17-43)60(71)79-52-32-33-53(47(38-52)39-63-66-62-65-56-40(3)41(4)64-42(5)57(56)81-62)80-61(72)46-22-20-44(21-23-46)59(70)78-51-30-26-49(27-31-51)74-35-13-9-11-15-37-76-55(68)7-2/h6-7,24-33,38-39,43-46H,1-2,8-23,34-37H2,3-5H3,(H,65,66)/b63-39+. The SMILES string of the molecule is C=CC(=O)OCCCCCCOc1ccc(OC(=O)C2CCC(C(=O)Oc3ccc(OC(=O)C4CCC(C(=O)Oc5ccc(OCCCCCCOC(=O)C=C)cc5)CC4)c(/C=N/Nc4nc5c(C)c(C)nc(C)c5s4)c3)CC2)cc1. The van der Waals surface area contributed by atoms with Crippen LogP contribution in [0.15, 0.2) is 97.1 Å². The second-order valence-electron chi connectivity index (χ2n) is 20.2. The molecule has 1 N–H and O–H groups in total. The molecule has 5 aromatic rings. The van der Waals surface area contributed by atoms with Crippen molar-refractivity contribution in [3.8, 4) is 34.5 Å². The van der Waals surface area contributed by atoms with Gasteiger partial charge in [0.15, 0.2) is 0 Å². The number of nitrogens with one attached hydrogen (secondary N) is 1. The molecule has 2 aliphatic carbocycles. The highest BCUT2D eigenvalue weighted by Crippen LogP contribution is 2.36. The number of esters is 6. The van der Waals surface area contributed by atoms with E-state index in [2.05, 4.69) is 28.7 Å². The van der Waals surface area contributed by atoms with Crippen molar-refractivity contribution in [3.63, 3.8) is 0 Å². The molecule has 0 amide bonds. The number of fused-ring (bicyclic) bond motifs is 1. The molecule has 2 aliphatic rings. The number of hydrazone groups is 1. The molecule has 0 atom stereocenters. The molecule has 2 heterocycles. The van der Waals surface area contributed by atoms with Gasteiger partial charge in [0, 0.05) is 23.4 Å². The van der Waals surface area contributed by atoms with E-state index in [4.69, 9.17) is 42.9 Å². The molecular formula is C62H72N4O14S. The van der Waals surface area contributed by atoms with Crippen LogP contribution >= 0.6 is 11.3 Å². The third kappa shape index (κ3) is 18.8. The largest absolute Gasteiger partial charge is 0.494 e. The lowest BCUT2D eigenvalue weighted by atomic mass is 9.82. The second-order valence-corrected chi connectivity index (χ2v) is 21.2. The highest BCUT2D eigenvalue weighted by Gasteiger charge is 2.34. The molecular weight excluding hydrogens is 1060 g/mol. The molecule has 18 nitrogen and oxygen atoms in total. The van der Waals surface area contributed by atoms with Crippen molar-refractivity contribution < 1.29 is 66.7 Å². The fourth-order valence-electron chi connectivity index (χ4n) is 9.45. The second kappa shape index (κ2) is 31.2. The molecule has 0 aliphatic heterocycles. The first kappa shape index (κ1) is 60.7. The Morgan fingerprint density at radius 3 is 1.40 bits per heavy atom. The highest BCUT2D eigenvalue weighted by atomic mass is 32.1. The summed E-state index contributed by atoms with van der Waals surface area (Å²) in [6.07, 6.45) is 14.2. The molecule has 0 unspecified atom stereocenters. The summed E-state index contributed by atoms with van der Waals surface area (Å²) in [5.74, 6) is -1.58.